The first-order valence-corrected chi connectivity index (χ1v) is 5.76. The predicted octanol–water partition coefficient (Wildman–Crippen LogP) is 1.96. The standard InChI is InChI=1S/C15H11NO4/c16-14(18)9-5-6-11(10(7-9)8-17)12-3-1-2-4-13(12)15(19)20/h1-8H,(H2,16,18)(H,19,20). The van der Waals surface area contributed by atoms with Crippen LogP contribution in [0.2, 0.25) is 0 Å². The van der Waals surface area contributed by atoms with Gasteiger partial charge in [-0.2, -0.15) is 0 Å². The lowest BCUT2D eigenvalue weighted by atomic mass is 9.94. The van der Waals surface area contributed by atoms with Gasteiger partial charge in [0.15, 0.2) is 6.29 Å². The van der Waals surface area contributed by atoms with Gasteiger partial charge in [-0.3, -0.25) is 9.59 Å². The number of aromatic carboxylic acids is 1. The van der Waals surface area contributed by atoms with Gasteiger partial charge in [-0.05, 0) is 29.3 Å². The molecule has 0 aliphatic carbocycles. The van der Waals surface area contributed by atoms with Crippen LogP contribution in [0, 0.1) is 0 Å². The van der Waals surface area contributed by atoms with Crippen molar-refractivity contribution in [2.75, 3.05) is 0 Å². The fourth-order valence-electron chi connectivity index (χ4n) is 1.96. The Morgan fingerprint density at radius 2 is 1.75 bits per heavy atom. The van der Waals surface area contributed by atoms with Crippen LogP contribution in [-0.4, -0.2) is 23.3 Å². The fraction of sp³-hybridized carbons (Fsp3) is 0. The number of carboxylic acids is 1. The molecule has 0 atom stereocenters. The van der Waals surface area contributed by atoms with Crippen LogP contribution in [0.5, 0.6) is 0 Å². The van der Waals surface area contributed by atoms with E-state index in [-0.39, 0.29) is 16.7 Å². The Morgan fingerprint density at radius 3 is 2.35 bits per heavy atom. The molecule has 3 N–H and O–H groups in total. The highest BCUT2D eigenvalue weighted by Crippen LogP contribution is 2.27. The molecule has 2 aromatic carbocycles. The predicted molar refractivity (Wildman–Crippen MR) is 72.7 cm³/mol. The van der Waals surface area contributed by atoms with Crippen LogP contribution >= 0.6 is 0 Å². The molecule has 0 aliphatic rings. The van der Waals surface area contributed by atoms with Gasteiger partial charge < -0.3 is 10.8 Å². The highest BCUT2D eigenvalue weighted by molar-refractivity contribution is 6.01. The van der Waals surface area contributed by atoms with Gasteiger partial charge in [-0.25, -0.2) is 4.79 Å². The Labute approximate surface area is 114 Å². The van der Waals surface area contributed by atoms with Gasteiger partial charge in [-0.15, -0.1) is 0 Å². The summed E-state index contributed by atoms with van der Waals surface area (Å²) >= 11 is 0. The Hall–Kier alpha value is -2.95. The molecule has 0 unspecified atom stereocenters. The smallest absolute Gasteiger partial charge is 0.336 e. The summed E-state index contributed by atoms with van der Waals surface area (Å²) < 4.78 is 0. The van der Waals surface area contributed by atoms with Crippen LogP contribution in [0.3, 0.4) is 0 Å². The van der Waals surface area contributed by atoms with E-state index in [1.165, 1.54) is 24.3 Å². The van der Waals surface area contributed by atoms with Crippen molar-refractivity contribution in [3.8, 4) is 11.1 Å². The van der Waals surface area contributed by atoms with Crippen molar-refractivity contribution in [3.63, 3.8) is 0 Å². The normalized spacial score (nSPS) is 10.0. The summed E-state index contributed by atoms with van der Waals surface area (Å²) in [6.07, 6.45) is 0.570. The van der Waals surface area contributed by atoms with E-state index in [0.717, 1.165) is 0 Å². The molecule has 5 nitrogen and oxygen atoms in total. The number of carbonyl (C=O) groups excluding carboxylic acids is 2. The third kappa shape index (κ3) is 2.42. The Morgan fingerprint density at radius 1 is 1.05 bits per heavy atom. The Balaban J connectivity index is 2.67. The van der Waals surface area contributed by atoms with Gasteiger partial charge >= 0.3 is 5.97 Å². The van der Waals surface area contributed by atoms with Crippen LogP contribution in [0.25, 0.3) is 11.1 Å². The van der Waals surface area contributed by atoms with Crippen molar-refractivity contribution in [2.24, 2.45) is 5.73 Å². The second-order valence-electron chi connectivity index (χ2n) is 4.13. The maximum absolute atomic E-state index is 11.2. The number of carboxylic acid groups (broad SMARTS) is 1. The molecular weight excluding hydrogens is 258 g/mol. The van der Waals surface area contributed by atoms with E-state index in [4.69, 9.17) is 5.73 Å². The molecule has 0 bridgehead atoms. The summed E-state index contributed by atoms with van der Waals surface area (Å²) in [5.74, 6) is -1.73. The summed E-state index contributed by atoms with van der Waals surface area (Å²) in [6.45, 7) is 0. The van der Waals surface area contributed by atoms with Crippen LogP contribution in [0.4, 0.5) is 0 Å². The average Bonchev–Trinajstić information content (AvgIpc) is 2.46. The first-order chi connectivity index (χ1) is 9.54. The van der Waals surface area contributed by atoms with Crippen LogP contribution in [0.15, 0.2) is 42.5 Å². The zero-order chi connectivity index (χ0) is 14.7. The minimum atomic E-state index is -1.09. The minimum absolute atomic E-state index is 0.0856. The number of rotatable bonds is 4. The second kappa shape index (κ2) is 5.36. The summed E-state index contributed by atoms with van der Waals surface area (Å²) in [5.41, 5.74) is 6.52. The van der Waals surface area contributed by atoms with Crippen molar-refractivity contribution in [3.05, 3.63) is 59.2 Å². The van der Waals surface area contributed by atoms with Gasteiger partial charge in [0.2, 0.25) is 5.91 Å². The molecule has 100 valence electrons. The van der Waals surface area contributed by atoms with Crippen LogP contribution < -0.4 is 5.73 Å². The van der Waals surface area contributed by atoms with Crippen LogP contribution in [0.1, 0.15) is 31.1 Å². The summed E-state index contributed by atoms with van der Waals surface area (Å²) in [4.78, 5) is 33.5. The van der Waals surface area contributed by atoms with E-state index in [2.05, 4.69) is 0 Å². The van der Waals surface area contributed by atoms with Gasteiger partial charge in [-0.1, -0.05) is 24.3 Å². The largest absolute Gasteiger partial charge is 0.478 e. The van der Waals surface area contributed by atoms with Crippen molar-refractivity contribution in [1.82, 2.24) is 0 Å². The number of carbonyl (C=O) groups is 3. The van der Waals surface area contributed by atoms with E-state index in [9.17, 15) is 19.5 Å². The summed E-state index contributed by atoms with van der Waals surface area (Å²) in [7, 11) is 0. The molecule has 20 heavy (non-hydrogen) atoms. The van der Waals surface area contributed by atoms with Crippen molar-refractivity contribution >= 4 is 18.2 Å². The molecule has 0 heterocycles. The number of aldehydes is 1. The molecule has 1 amide bonds. The zero-order valence-corrected chi connectivity index (χ0v) is 10.4. The maximum atomic E-state index is 11.2. The van der Waals surface area contributed by atoms with Gasteiger partial charge in [0.25, 0.3) is 0 Å². The summed E-state index contributed by atoms with van der Waals surface area (Å²) in [5, 5.41) is 9.17. The molecule has 0 aliphatic heterocycles. The van der Waals surface area contributed by atoms with Crippen molar-refractivity contribution in [1.29, 1.82) is 0 Å². The van der Waals surface area contributed by atoms with E-state index in [1.54, 1.807) is 18.2 Å². The lowest BCUT2D eigenvalue weighted by Crippen LogP contribution is -2.11. The number of hydrogen-bond acceptors (Lipinski definition) is 3. The molecule has 0 saturated carbocycles. The SMILES string of the molecule is NC(=O)c1ccc(-c2ccccc2C(=O)O)c(C=O)c1. The highest BCUT2D eigenvalue weighted by atomic mass is 16.4. The first kappa shape index (κ1) is 13.5. The number of benzene rings is 2. The number of hydrogen-bond donors (Lipinski definition) is 2. The van der Waals surface area contributed by atoms with E-state index in [1.807, 2.05) is 0 Å². The minimum Gasteiger partial charge on any atom is -0.478 e. The molecule has 0 spiro atoms. The highest BCUT2D eigenvalue weighted by Gasteiger charge is 2.14. The fourth-order valence-corrected chi connectivity index (χ4v) is 1.96. The molecule has 2 rings (SSSR count). The van der Waals surface area contributed by atoms with Crippen molar-refractivity contribution < 1.29 is 19.5 Å². The lowest BCUT2D eigenvalue weighted by Gasteiger charge is -2.09. The molecule has 0 aromatic heterocycles. The third-order valence-electron chi connectivity index (χ3n) is 2.91. The van der Waals surface area contributed by atoms with Gasteiger partial charge in [0.05, 0.1) is 5.56 Å². The van der Waals surface area contributed by atoms with Crippen molar-refractivity contribution in [2.45, 2.75) is 0 Å². The average molecular weight is 269 g/mol. The first-order valence-electron chi connectivity index (χ1n) is 5.76. The topological polar surface area (TPSA) is 97.5 Å². The van der Waals surface area contributed by atoms with E-state index < -0.39 is 11.9 Å². The Kier molecular flexibility index (Phi) is 3.61. The lowest BCUT2D eigenvalue weighted by molar-refractivity contribution is 0.0697. The molecule has 0 fully saturated rings. The van der Waals surface area contributed by atoms with E-state index >= 15 is 0 Å². The quantitative estimate of drug-likeness (QED) is 0.829. The number of primary amides is 1. The third-order valence-corrected chi connectivity index (χ3v) is 2.91. The Bertz CT molecular complexity index is 707. The molecule has 0 saturated heterocycles. The second-order valence-corrected chi connectivity index (χ2v) is 4.13. The maximum Gasteiger partial charge on any atom is 0.336 e. The molecule has 0 radical (unpaired) electrons. The molecule has 2 aromatic rings. The zero-order valence-electron chi connectivity index (χ0n) is 10.4. The monoisotopic (exact) mass is 269 g/mol. The van der Waals surface area contributed by atoms with E-state index in [0.29, 0.717) is 17.4 Å². The molecular formula is C15H11NO4. The van der Waals surface area contributed by atoms with Crippen LogP contribution in [-0.2, 0) is 0 Å². The molecule has 5 heteroatoms. The summed E-state index contributed by atoms with van der Waals surface area (Å²) in [6, 6.07) is 10.7. The van der Waals surface area contributed by atoms with Gasteiger partial charge in [0, 0.05) is 11.1 Å². The number of nitrogens with two attached hydrogens (primary N) is 1. The van der Waals surface area contributed by atoms with Gasteiger partial charge in [0.1, 0.15) is 0 Å². The number of amides is 1.